The van der Waals surface area contributed by atoms with Crippen LogP contribution in [0.3, 0.4) is 0 Å². The molecular weight excluding hydrogens is 358 g/mol. The number of amides is 1. The summed E-state index contributed by atoms with van der Waals surface area (Å²) in [5, 5.41) is 0. The number of carbonyl (C=O) groups is 1. The molecule has 0 saturated heterocycles. The number of benzene rings is 3. The number of anilines is 1. The Hall–Kier alpha value is -3.40. The molecular formula is C25H25N3O. The second kappa shape index (κ2) is 7.92. The van der Waals surface area contributed by atoms with E-state index in [1.807, 2.05) is 71.0 Å². The number of aromatic nitrogens is 2. The third-order valence-electron chi connectivity index (χ3n) is 5.26. The molecule has 0 fully saturated rings. The van der Waals surface area contributed by atoms with Gasteiger partial charge in [0.25, 0.3) is 0 Å². The van der Waals surface area contributed by atoms with Crippen molar-refractivity contribution in [1.29, 1.82) is 0 Å². The number of hydrogen-bond donors (Lipinski definition) is 0. The summed E-state index contributed by atoms with van der Waals surface area (Å²) in [6.45, 7) is 7.04. The number of likely N-dealkylation sites (N-methyl/N-ethyl adjacent to an activating group) is 1. The van der Waals surface area contributed by atoms with Crippen LogP contribution in [0.25, 0.3) is 22.4 Å². The van der Waals surface area contributed by atoms with E-state index in [9.17, 15) is 4.79 Å². The Morgan fingerprint density at radius 3 is 2.41 bits per heavy atom. The fourth-order valence-corrected chi connectivity index (χ4v) is 3.84. The lowest BCUT2D eigenvalue weighted by Gasteiger charge is -2.22. The first-order valence-electron chi connectivity index (χ1n) is 9.96. The van der Waals surface area contributed by atoms with E-state index in [1.54, 1.807) is 0 Å². The topological polar surface area (TPSA) is 38.1 Å². The highest BCUT2D eigenvalue weighted by Crippen LogP contribution is 2.28. The summed E-state index contributed by atoms with van der Waals surface area (Å²) < 4.78 is 2.04. The second-order valence-corrected chi connectivity index (χ2v) is 7.30. The molecule has 0 radical (unpaired) electrons. The summed E-state index contributed by atoms with van der Waals surface area (Å²) in [7, 11) is 0. The normalized spacial score (nSPS) is 11.0. The maximum Gasteiger partial charge on any atom is 0.246 e. The van der Waals surface area contributed by atoms with Crippen LogP contribution in [-0.4, -0.2) is 22.0 Å². The number of aryl methyl sites for hydroxylation is 2. The minimum atomic E-state index is 0.0490. The summed E-state index contributed by atoms with van der Waals surface area (Å²) in [4.78, 5) is 20.0. The fourth-order valence-electron chi connectivity index (χ4n) is 3.84. The molecule has 0 atom stereocenters. The predicted molar refractivity (Wildman–Crippen MR) is 119 cm³/mol. The quantitative estimate of drug-likeness (QED) is 0.464. The van der Waals surface area contributed by atoms with E-state index in [0.29, 0.717) is 6.54 Å². The summed E-state index contributed by atoms with van der Waals surface area (Å²) in [5.74, 6) is 0.883. The van der Waals surface area contributed by atoms with Crippen LogP contribution in [0.1, 0.15) is 18.1 Å². The largest absolute Gasteiger partial charge is 0.314 e. The van der Waals surface area contributed by atoms with Gasteiger partial charge < -0.3 is 9.47 Å². The molecule has 1 amide bonds. The average Bonchev–Trinajstić information content (AvgIpc) is 3.07. The van der Waals surface area contributed by atoms with E-state index >= 15 is 0 Å². The van der Waals surface area contributed by atoms with Crippen molar-refractivity contribution in [1.82, 2.24) is 9.55 Å². The first kappa shape index (κ1) is 18.9. The zero-order valence-electron chi connectivity index (χ0n) is 17.1. The maximum absolute atomic E-state index is 13.3. The highest BCUT2D eigenvalue weighted by atomic mass is 16.2. The van der Waals surface area contributed by atoms with Crippen molar-refractivity contribution < 1.29 is 4.79 Å². The number of fused-ring (bicyclic) bond motifs is 1. The molecule has 1 heterocycles. The molecule has 0 saturated carbocycles. The zero-order valence-corrected chi connectivity index (χ0v) is 17.1. The Bertz CT molecular complexity index is 1160. The molecule has 0 unspecified atom stereocenters. The summed E-state index contributed by atoms with van der Waals surface area (Å²) in [5.41, 5.74) is 6.22. The fraction of sp³-hybridized carbons (Fsp3) is 0.200. The van der Waals surface area contributed by atoms with Gasteiger partial charge in [0.05, 0.1) is 11.0 Å². The van der Waals surface area contributed by atoms with Gasteiger partial charge in [-0.25, -0.2) is 4.98 Å². The summed E-state index contributed by atoms with van der Waals surface area (Å²) in [6.07, 6.45) is 0. The lowest BCUT2D eigenvalue weighted by atomic mass is 10.1. The molecule has 0 N–H and O–H groups in total. The number of carbonyl (C=O) groups excluding carboxylic acids is 1. The van der Waals surface area contributed by atoms with Crippen LogP contribution in [0.15, 0.2) is 72.8 Å². The minimum absolute atomic E-state index is 0.0490. The van der Waals surface area contributed by atoms with Crippen LogP contribution in [-0.2, 0) is 11.3 Å². The van der Waals surface area contributed by atoms with Gasteiger partial charge in [-0.05, 0) is 50.6 Å². The molecule has 29 heavy (non-hydrogen) atoms. The molecule has 1 aromatic heterocycles. The molecule has 0 aliphatic rings. The predicted octanol–water partition coefficient (Wildman–Crippen LogP) is 5.37. The first-order chi connectivity index (χ1) is 14.1. The highest BCUT2D eigenvalue weighted by Gasteiger charge is 2.20. The van der Waals surface area contributed by atoms with Crippen molar-refractivity contribution in [3.8, 4) is 11.4 Å². The van der Waals surface area contributed by atoms with Crippen LogP contribution >= 0.6 is 0 Å². The summed E-state index contributed by atoms with van der Waals surface area (Å²) >= 11 is 0. The standard InChI is InChI=1S/C25H25N3O/c1-4-27(20-10-6-5-7-11-20)24(29)17-28-23-13-9-8-12-22(23)26-25(28)21-15-14-18(2)16-19(21)3/h5-16H,4,17H2,1-3H3. The molecule has 4 heteroatoms. The van der Waals surface area contributed by atoms with Crippen molar-refractivity contribution in [2.45, 2.75) is 27.3 Å². The zero-order chi connectivity index (χ0) is 20.4. The monoisotopic (exact) mass is 383 g/mol. The molecule has 0 bridgehead atoms. The van der Waals surface area contributed by atoms with Crippen LogP contribution in [0.2, 0.25) is 0 Å². The SMILES string of the molecule is CCN(C(=O)Cn1c(-c2ccc(C)cc2C)nc2ccccc21)c1ccccc1. The van der Waals surface area contributed by atoms with Crippen LogP contribution < -0.4 is 4.90 Å². The smallest absolute Gasteiger partial charge is 0.246 e. The van der Waals surface area contributed by atoms with Crippen LogP contribution in [0.5, 0.6) is 0 Å². The highest BCUT2D eigenvalue weighted by molar-refractivity contribution is 5.94. The lowest BCUT2D eigenvalue weighted by Crippen LogP contribution is -2.33. The second-order valence-electron chi connectivity index (χ2n) is 7.30. The van der Waals surface area contributed by atoms with Crippen molar-refractivity contribution >= 4 is 22.6 Å². The Labute approximate surface area is 171 Å². The number of hydrogen-bond acceptors (Lipinski definition) is 2. The Morgan fingerprint density at radius 1 is 0.966 bits per heavy atom. The third kappa shape index (κ3) is 3.66. The van der Waals surface area contributed by atoms with Crippen molar-refractivity contribution in [3.63, 3.8) is 0 Å². The van der Waals surface area contributed by atoms with Crippen LogP contribution in [0.4, 0.5) is 5.69 Å². The summed E-state index contributed by atoms with van der Waals surface area (Å²) in [6, 6.07) is 24.2. The van der Waals surface area contributed by atoms with Gasteiger partial charge in [-0.2, -0.15) is 0 Å². The van der Waals surface area contributed by atoms with Crippen molar-refractivity contribution in [2.75, 3.05) is 11.4 Å². The van der Waals surface area contributed by atoms with Gasteiger partial charge >= 0.3 is 0 Å². The molecule has 146 valence electrons. The number of rotatable bonds is 5. The van der Waals surface area contributed by atoms with Gasteiger partial charge in [0.1, 0.15) is 12.4 Å². The van der Waals surface area contributed by atoms with Gasteiger partial charge in [0.15, 0.2) is 0 Å². The Kier molecular flexibility index (Phi) is 5.17. The van der Waals surface area contributed by atoms with Gasteiger partial charge in [0.2, 0.25) is 5.91 Å². The van der Waals surface area contributed by atoms with E-state index in [1.165, 1.54) is 5.56 Å². The van der Waals surface area contributed by atoms with Gasteiger partial charge in [-0.15, -0.1) is 0 Å². The average molecular weight is 383 g/mol. The third-order valence-corrected chi connectivity index (χ3v) is 5.26. The van der Waals surface area contributed by atoms with E-state index < -0.39 is 0 Å². The Morgan fingerprint density at radius 2 is 1.69 bits per heavy atom. The van der Waals surface area contributed by atoms with Crippen molar-refractivity contribution in [3.05, 3.63) is 83.9 Å². The minimum Gasteiger partial charge on any atom is -0.314 e. The Balaban J connectivity index is 1.79. The van der Waals surface area contributed by atoms with E-state index in [4.69, 9.17) is 4.98 Å². The molecule has 4 aromatic rings. The molecule has 0 aliphatic carbocycles. The van der Waals surface area contributed by atoms with E-state index in [0.717, 1.165) is 33.7 Å². The molecule has 4 nitrogen and oxygen atoms in total. The number of para-hydroxylation sites is 3. The number of imidazole rings is 1. The molecule has 4 rings (SSSR count). The van der Waals surface area contributed by atoms with E-state index in [2.05, 4.69) is 32.0 Å². The first-order valence-corrected chi connectivity index (χ1v) is 9.96. The van der Waals surface area contributed by atoms with E-state index in [-0.39, 0.29) is 12.5 Å². The molecule has 0 spiro atoms. The molecule has 3 aromatic carbocycles. The van der Waals surface area contributed by atoms with Gasteiger partial charge in [-0.3, -0.25) is 4.79 Å². The maximum atomic E-state index is 13.3. The lowest BCUT2D eigenvalue weighted by molar-refractivity contribution is -0.119. The molecule has 0 aliphatic heterocycles. The number of nitrogens with zero attached hydrogens (tertiary/aromatic N) is 3. The van der Waals surface area contributed by atoms with Gasteiger partial charge in [-0.1, -0.05) is 54.1 Å². The van der Waals surface area contributed by atoms with Crippen LogP contribution in [0, 0.1) is 13.8 Å². The van der Waals surface area contributed by atoms with Gasteiger partial charge in [0, 0.05) is 17.8 Å². The van der Waals surface area contributed by atoms with Crippen molar-refractivity contribution in [2.24, 2.45) is 0 Å².